The Bertz CT molecular complexity index is 438. The van der Waals surface area contributed by atoms with Gasteiger partial charge in [-0.15, -0.1) is 0 Å². The van der Waals surface area contributed by atoms with E-state index in [1.165, 1.54) is 0 Å². The van der Waals surface area contributed by atoms with Gasteiger partial charge in [0.15, 0.2) is 10.4 Å². The third-order valence-corrected chi connectivity index (χ3v) is 2.16. The van der Waals surface area contributed by atoms with Gasteiger partial charge in [-0.1, -0.05) is 0 Å². The van der Waals surface area contributed by atoms with Crippen molar-refractivity contribution in [3.05, 3.63) is 29.2 Å². The monoisotopic (exact) mass is 271 g/mol. The predicted octanol–water partition coefficient (Wildman–Crippen LogP) is 1.99. The Morgan fingerprint density at radius 3 is 3.07 bits per heavy atom. The molecule has 2 rings (SSSR count). The largest absolute Gasteiger partial charge is 0.423 e. The summed E-state index contributed by atoms with van der Waals surface area (Å²) < 4.78 is 12.9. The van der Waals surface area contributed by atoms with Crippen molar-refractivity contribution in [2.45, 2.75) is 6.54 Å². The lowest BCUT2D eigenvalue weighted by Crippen LogP contribution is -2.09. The Labute approximate surface area is 94.9 Å². The summed E-state index contributed by atoms with van der Waals surface area (Å²) >= 11 is 3.19. The number of furan rings is 1. The van der Waals surface area contributed by atoms with Crippen LogP contribution in [0.4, 0.5) is 0 Å². The fourth-order valence-electron chi connectivity index (χ4n) is 1.12. The van der Waals surface area contributed by atoms with Crippen molar-refractivity contribution >= 4 is 15.9 Å². The maximum Gasteiger partial charge on any atom is 0.291 e. The molecular weight excluding hydrogens is 262 g/mol. The van der Waals surface area contributed by atoms with Crippen LogP contribution in [-0.2, 0) is 6.54 Å². The smallest absolute Gasteiger partial charge is 0.291 e. The molecule has 0 fully saturated rings. The summed E-state index contributed by atoms with van der Waals surface area (Å²) in [6.07, 6.45) is 3.38. The molecule has 0 aromatic carbocycles. The van der Waals surface area contributed by atoms with Crippen LogP contribution in [0.3, 0.4) is 0 Å². The topological polar surface area (TPSA) is 66.2 Å². The SMILES string of the molecule is NCCn1cc(Oc2ccc(Br)o2)cn1. The van der Waals surface area contributed by atoms with Crippen molar-refractivity contribution in [2.75, 3.05) is 6.54 Å². The zero-order chi connectivity index (χ0) is 10.7. The summed E-state index contributed by atoms with van der Waals surface area (Å²) in [5, 5.41) is 4.07. The van der Waals surface area contributed by atoms with E-state index in [2.05, 4.69) is 21.0 Å². The molecule has 0 radical (unpaired) electrons. The summed E-state index contributed by atoms with van der Waals surface area (Å²) in [7, 11) is 0. The van der Waals surface area contributed by atoms with Crippen LogP contribution < -0.4 is 10.5 Å². The van der Waals surface area contributed by atoms with Crippen molar-refractivity contribution in [1.82, 2.24) is 9.78 Å². The minimum Gasteiger partial charge on any atom is -0.423 e. The number of hydrogen-bond donors (Lipinski definition) is 1. The second-order valence-corrected chi connectivity index (χ2v) is 3.67. The van der Waals surface area contributed by atoms with Crippen LogP contribution in [0.5, 0.6) is 11.7 Å². The first-order valence-electron chi connectivity index (χ1n) is 4.43. The Kier molecular flexibility index (Phi) is 3.08. The standard InChI is InChI=1S/C9H10BrN3O2/c10-8-1-2-9(15-8)14-7-5-12-13(6-7)4-3-11/h1-2,5-6H,3-4,11H2. The average molecular weight is 272 g/mol. The van der Waals surface area contributed by atoms with E-state index in [1.807, 2.05) is 0 Å². The number of aromatic nitrogens is 2. The van der Waals surface area contributed by atoms with Crippen molar-refractivity contribution < 1.29 is 9.15 Å². The number of rotatable bonds is 4. The molecule has 15 heavy (non-hydrogen) atoms. The number of ether oxygens (including phenoxy) is 1. The van der Waals surface area contributed by atoms with E-state index >= 15 is 0 Å². The molecule has 2 heterocycles. The minimum absolute atomic E-state index is 0.425. The summed E-state index contributed by atoms with van der Waals surface area (Å²) in [5.74, 6) is 1.06. The molecule has 0 aliphatic rings. The molecule has 0 unspecified atom stereocenters. The molecular formula is C9H10BrN3O2. The zero-order valence-corrected chi connectivity index (χ0v) is 9.48. The molecule has 0 amide bonds. The highest BCUT2D eigenvalue weighted by atomic mass is 79.9. The second kappa shape index (κ2) is 4.50. The van der Waals surface area contributed by atoms with E-state index < -0.39 is 0 Å². The van der Waals surface area contributed by atoms with Gasteiger partial charge in [0.25, 0.3) is 5.95 Å². The van der Waals surface area contributed by atoms with Crippen LogP contribution >= 0.6 is 15.9 Å². The average Bonchev–Trinajstić information content (AvgIpc) is 2.78. The highest BCUT2D eigenvalue weighted by Crippen LogP contribution is 2.25. The van der Waals surface area contributed by atoms with Gasteiger partial charge in [0.2, 0.25) is 0 Å². The van der Waals surface area contributed by atoms with Crippen molar-refractivity contribution in [1.29, 1.82) is 0 Å². The maximum absolute atomic E-state index is 5.41. The summed E-state index contributed by atoms with van der Waals surface area (Å²) in [5.41, 5.74) is 5.40. The van der Waals surface area contributed by atoms with Gasteiger partial charge < -0.3 is 14.9 Å². The van der Waals surface area contributed by atoms with E-state index in [0.717, 1.165) is 0 Å². The third kappa shape index (κ3) is 2.60. The Balaban J connectivity index is 2.04. The van der Waals surface area contributed by atoms with Gasteiger partial charge in [0, 0.05) is 12.6 Å². The molecule has 6 heteroatoms. The number of halogens is 1. The number of hydrogen-bond acceptors (Lipinski definition) is 4. The molecule has 2 N–H and O–H groups in total. The molecule has 2 aromatic heterocycles. The number of nitrogens with two attached hydrogens (primary N) is 1. The van der Waals surface area contributed by atoms with Gasteiger partial charge in [-0.05, 0) is 22.0 Å². The molecule has 0 atom stereocenters. The molecule has 80 valence electrons. The van der Waals surface area contributed by atoms with Crippen molar-refractivity contribution in [3.63, 3.8) is 0 Å². The summed E-state index contributed by atoms with van der Waals surface area (Å²) in [6, 6.07) is 3.49. The van der Waals surface area contributed by atoms with Crippen LogP contribution in [0.1, 0.15) is 0 Å². The highest BCUT2D eigenvalue weighted by molar-refractivity contribution is 9.10. The van der Waals surface area contributed by atoms with Crippen LogP contribution in [0.2, 0.25) is 0 Å². The first kappa shape index (κ1) is 10.3. The summed E-state index contributed by atoms with van der Waals surface area (Å²) in [6.45, 7) is 1.22. The second-order valence-electron chi connectivity index (χ2n) is 2.89. The van der Waals surface area contributed by atoms with Gasteiger partial charge in [0.1, 0.15) is 0 Å². The molecule has 0 saturated heterocycles. The van der Waals surface area contributed by atoms with Crippen LogP contribution in [0, 0.1) is 0 Å². The molecule has 2 aromatic rings. The predicted molar refractivity (Wildman–Crippen MR) is 57.8 cm³/mol. The lowest BCUT2D eigenvalue weighted by atomic mass is 10.6. The number of nitrogens with zero attached hydrogens (tertiary/aromatic N) is 2. The molecule has 0 aliphatic heterocycles. The van der Waals surface area contributed by atoms with Crippen molar-refractivity contribution in [3.8, 4) is 11.7 Å². The van der Waals surface area contributed by atoms with Gasteiger partial charge >= 0.3 is 0 Å². The van der Waals surface area contributed by atoms with Crippen LogP contribution in [-0.4, -0.2) is 16.3 Å². The summed E-state index contributed by atoms with van der Waals surface area (Å²) in [4.78, 5) is 0. The zero-order valence-electron chi connectivity index (χ0n) is 7.89. The Hall–Kier alpha value is -1.27. The molecule has 0 bridgehead atoms. The minimum atomic E-state index is 0.425. The molecule has 0 saturated carbocycles. The van der Waals surface area contributed by atoms with Crippen molar-refractivity contribution in [2.24, 2.45) is 5.73 Å². The molecule has 0 spiro atoms. The van der Waals surface area contributed by atoms with Gasteiger partial charge in [-0.3, -0.25) is 4.68 Å². The van der Waals surface area contributed by atoms with Gasteiger partial charge in [-0.2, -0.15) is 5.10 Å². The molecule has 0 aliphatic carbocycles. The fraction of sp³-hybridized carbons (Fsp3) is 0.222. The van der Waals surface area contributed by atoms with Gasteiger partial charge in [-0.25, -0.2) is 0 Å². The fourth-order valence-corrected chi connectivity index (χ4v) is 1.41. The Morgan fingerprint density at radius 1 is 1.53 bits per heavy atom. The first-order valence-corrected chi connectivity index (χ1v) is 5.23. The van der Waals surface area contributed by atoms with E-state index in [4.69, 9.17) is 14.9 Å². The lowest BCUT2D eigenvalue weighted by molar-refractivity contribution is 0.338. The highest BCUT2D eigenvalue weighted by Gasteiger charge is 2.04. The van der Waals surface area contributed by atoms with E-state index in [0.29, 0.717) is 29.5 Å². The Morgan fingerprint density at radius 2 is 2.40 bits per heavy atom. The first-order chi connectivity index (χ1) is 7.28. The van der Waals surface area contributed by atoms with Gasteiger partial charge in [0.05, 0.1) is 18.9 Å². The maximum atomic E-state index is 5.41. The normalized spacial score (nSPS) is 10.5. The lowest BCUT2D eigenvalue weighted by Gasteiger charge is -1.97. The van der Waals surface area contributed by atoms with E-state index in [-0.39, 0.29) is 0 Å². The quantitative estimate of drug-likeness (QED) is 0.924. The third-order valence-electron chi connectivity index (χ3n) is 1.73. The van der Waals surface area contributed by atoms with Crippen LogP contribution in [0.15, 0.2) is 33.6 Å². The molecule has 5 nitrogen and oxygen atoms in total. The van der Waals surface area contributed by atoms with E-state index in [1.54, 1.807) is 29.2 Å². The van der Waals surface area contributed by atoms with Crippen LogP contribution in [0.25, 0.3) is 0 Å². The van der Waals surface area contributed by atoms with E-state index in [9.17, 15) is 0 Å².